The van der Waals surface area contributed by atoms with Crippen LogP contribution in [-0.2, 0) is 10.1 Å². The lowest BCUT2D eigenvalue weighted by Gasteiger charge is -1.94. The van der Waals surface area contributed by atoms with Crippen molar-refractivity contribution in [2.75, 3.05) is 12.4 Å². The van der Waals surface area contributed by atoms with Gasteiger partial charge in [-0.25, -0.2) is 4.98 Å². The molecule has 5 nitrogen and oxygen atoms in total. The predicted octanol–water partition coefficient (Wildman–Crippen LogP) is 2.06. The monoisotopic (exact) mass is 266 g/mol. The van der Waals surface area contributed by atoms with E-state index in [0.717, 1.165) is 5.69 Å². The van der Waals surface area contributed by atoms with Gasteiger partial charge in [-0.2, -0.15) is 8.42 Å². The number of aromatic nitrogens is 1. The molecule has 0 unspecified atom stereocenters. The standard InChI is InChI=1S/C7H9N.C5H5NO3S/c1-8-7-5-3-2-4-6-7;7-10(8,9)5-3-1-2-4-6-5/h2-6,8H,1H3;1-4H,(H,7,8,9). The molecule has 1 heterocycles. The van der Waals surface area contributed by atoms with Gasteiger partial charge in [0.1, 0.15) is 0 Å². The molecule has 0 saturated carbocycles. The van der Waals surface area contributed by atoms with Crippen LogP contribution in [0.15, 0.2) is 59.8 Å². The van der Waals surface area contributed by atoms with Crippen LogP contribution >= 0.6 is 0 Å². The second-order valence-electron chi connectivity index (χ2n) is 3.26. The van der Waals surface area contributed by atoms with Gasteiger partial charge in [-0.1, -0.05) is 24.3 Å². The van der Waals surface area contributed by atoms with Gasteiger partial charge in [0.2, 0.25) is 0 Å². The Morgan fingerprint density at radius 1 is 1.06 bits per heavy atom. The lowest BCUT2D eigenvalue weighted by molar-refractivity contribution is 0.479. The Morgan fingerprint density at radius 2 is 1.67 bits per heavy atom. The van der Waals surface area contributed by atoms with E-state index >= 15 is 0 Å². The number of nitrogens with zero attached hydrogens (tertiary/aromatic N) is 1. The van der Waals surface area contributed by atoms with E-state index in [9.17, 15) is 8.42 Å². The van der Waals surface area contributed by atoms with Crippen LogP contribution in [0.1, 0.15) is 0 Å². The lowest BCUT2D eigenvalue weighted by atomic mass is 10.3. The number of para-hydroxylation sites is 1. The van der Waals surface area contributed by atoms with Gasteiger partial charge in [0.15, 0.2) is 5.03 Å². The molecule has 0 fully saturated rings. The summed E-state index contributed by atoms with van der Waals surface area (Å²) in [7, 11) is -2.20. The van der Waals surface area contributed by atoms with Crippen molar-refractivity contribution in [1.82, 2.24) is 4.98 Å². The Bertz CT molecular complexity index is 556. The van der Waals surface area contributed by atoms with Gasteiger partial charge in [-0.15, -0.1) is 0 Å². The third-order valence-electron chi connectivity index (χ3n) is 1.96. The molecule has 96 valence electrons. The summed E-state index contributed by atoms with van der Waals surface area (Å²) in [6.07, 6.45) is 1.29. The highest BCUT2D eigenvalue weighted by Crippen LogP contribution is 2.01. The molecule has 1 aromatic carbocycles. The average molecular weight is 266 g/mol. The molecule has 0 spiro atoms. The first-order valence-electron chi connectivity index (χ1n) is 5.15. The second-order valence-corrected chi connectivity index (χ2v) is 4.63. The van der Waals surface area contributed by atoms with Crippen molar-refractivity contribution in [3.63, 3.8) is 0 Å². The van der Waals surface area contributed by atoms with Crippen molar-refractivity contribution >= 4 is 15.8 Å². The minimum atomic E-state index is -4.11. The fraction of sp³-hybridized carbons (Fsp3) is 0.0833. The van der Waals surface area contributed by atoms with E-state index in [2.05, 4.69) is 10.3 Å². The number of benzene rings is 1. The van der Waals surface area contributed by atoms with Crippen LogP contribution in [0.5, 0.6) is 0 Å². The van der Waals surface area contributed by atoms with Crippen molar-refractivity contribution in [2.24, 2.45) is 0 Å². The third kappa shape index (κ3) is 4.94. The Morgan fingerprint density at radius 3 is 2.00 bits per heavy atom. The smallest absolute Gasteiger partial charge is 0.312 e. The van der Waals surface area contributed by atoms with Gasteiger partial charge in [0.25, 0.3) is 0 Å². The summed E-state index contributed by atoms with van der Waals surface area (Å²) in [4.78, 5) is 3.41. The highest BCUT2D eigenvalue weighted by atomic mass is 32.2. The fourth-order valence-corrected chi connectivity index (χ4v) is 1.55. The molecule has 2 rings (SSSR count). The highest BCUT2D eigenvalue weighted by molar-refractivity contribution is 7.85. The molecule has 0 aliphatic carbocycles. The second kappa shape index (κ2) is 6.73. The molecular weight excluding hydrogens is 252 g/mol. The van der Waals surface area contributed by atoms with E-state index < -0.39 is 10.1 Å². The SMILES string of the molecule is CNc1ccccc1.O=S(=O)(O)c1ccccn1. The number of rotatable bonds is 2. The summed E-state index contributed by atoms with van der Waals surface area (Å²) in [5.41, 5.74) is 1.16. The average Bonchev–Trinajstić information content (AvgIpc) is 2.40. The highest BCUT2D eigenvalue weighted by Gasteiger charge is 2.07. The Balaban J connectivity index is 0.000000184. The van der Waals surface area contributed by atoms with Crippen LogP contribution in [-0.4, -0.2) is 25.0 Å². The predicted molar refractivity (Wildman–Crippen MR) is 70.0 cm³/mol. The minimum Gasteiger partial charge on any atom is -0.388 e. The van der Waals surface area contributed by atoms with E-state index in [1.165, 1.54) is 18.3 Å². The van der Waals surface area contributed by atoms with Crippen LogP contribution in [0.4, 0.5) is 5.69 Å². The van der Waals surface area contributed by atoms with Crippen molar-refractivity contribution < 1.29 is 13.0 Å². The van der Waals surface area contributed by atoms with E-state index in [-0.39, 0.29) is 5.03 Å². The molecule has 0 aliphatic heterocycles. The van der Waals surface area contributed by atoms with E-state index in [0.29, 0.717) is 0 Å². The van der Waals surface area contributed by atoms with Crippen molar-refractivity contribution in [1.29, 1.82) is 0 Å². The largest absolute Gasteiger partial charge is 0.388 e. The molecule has 0 saturated heterocycles. The molecule has 0 radical (unpaired) electrons. The maximum Gasteiger partial charge on any atom is 0.312 e. The number of pyridine rings is 1. The molecule has 18 heavy (non-hydrogen) atoms. The Kier molecular flexibility index (Phi) is 5.29. The number of hydrogen-bond acceptors (Lipinski definition) is 4. The van der Waals surface area contributed by atoms with Gasteiger partial charge < -0.3 is 5.32 Å². The summed E-state index contributed by atoms with van der Waals surface area (Å²) in [5.74, 6) is 0. The normalized spacial score (nSPS) is 10.1. The first-order valence-corrected chi connectivity index (χ1v) is 6.59. The van der Waals surface area contributed by atoms with Crippen LogP contribution in [0.25, 0.3) is 0 Å². The topological polar surface area (TPSA) is 79.3 Å². The summed E-state index contributed by atoms with van der Waals surface area (Å²) in [6.45, 7) is 0. The van der Waals surface area contributed by atoms with Crippen LogP contribution in [0.2, 0.25) is 0 Å². The molecule has 2 aromatic rings. The van der Waals surface area contributed by atoms with Crippen molar-refractivity contribution in [2.45, 2.75) is 5.03 Å². The van der Waals surface area contributed by atoms with Gasteiger partial charge in [0.05, 0.1) is 0 Å². The van der Waals surface area contributed by atoms with Crippen molar-refractivity contribution in [3.05, 3.63) is 54.7 Å². The van der Waals surface area contributed by atoms with Gasteiger partial charge in [0, 0.05) is 18.9 Å². The molecule has 0 amide bonds. The molecular formula is C12H14N2O3S. The molecule has 0 bridgehead atoms. The summed E-state index contributed by atoms with van der Waals surface area (Å²) < 4.78 is 29.1. The van der Waals surface area contributed by atoms with Gasteiger partial charge in [-0.3, -0.25) is 4.55 Å². The van der Waals surface area contributed by atoms with Crippen LogP contribution in [0.3, 0.4) is 0 Å². The zero-order valence-corrected chi connectivity index (χ0v) is 10.6. The number of hydrogen-bond donors (Lipinski definition) is 2. The van der Waals surface area contributed by atoms with Gasteiger partial charge in [-0.05, 0) is 24.3 Å². The Hall–Kier alpha value is -1.92. The fourth-order valence-electron chi connectivity index (χ4n) is 1.10. The quantitative estimate of drug-likeness (QED) is 0.813. The summed E-state index contributed by atoms with van der Waals surface area (Å²) in [6, 6.07) is 14.3. The molecule has 1 aromatic heterocycles. The number of nitrogens with one attached hydrogen (secondary N) is 1. The van der Waals surface area contributed by atoms with Gasteiger partial charge >= 0.3 is 10.1 Å². The Labute approximate surface area is 106 Å². The zero-order chi connectivity index (χ0) is 13.4. The maximum absolute atomic E-state index is 10.3. The van der Waals surface area contributed by atoms with E-state index in [1.54, 1.807) is 6.07 Å². The molecule has 0 aliphatic rings. The molecule has 6 heteroatoms. The summed E-state index contributed by atoms with van der Waals surface area (Å²) in [5, 5.41) is 2.70. The van der Waals surface area contributed by atoms with Crippen molar-refractivity contribution in [3.8, 4) is 0 Å². The minimum absolute atomic E-state index is 0.324. The molecule has 0 atom stereocenters. The van der Waals surface area contributed by atoms with Crippen LogP contribution in [0, 0.1) is 0 Å². The zero-order valence-electron chi connectivity index (χ0n) is 9.82. The summed E-state index contributed by atoms with van der Waals surface area (Å²) >= 11 is 0. The lowest BCUT2D eigenvalue weighted by Crippen LogP contribution is -1.99. The first kappa shape index (κ1) is 14.1. The third-order valence-corrected chi connectivity index (χ3v) is 2.73. The van der Waals surface area contributed by atoms with E-state index in [4.69, 9.17) is 4.55 Å². The maximum atomic E-state index is 10.3. The van der Waals surface area contributed by atoms with Crippen LogP contribution < -0.4 is 5.32 Å². The first-order chi connectivity index (χ1) is 8.54. The number of anilines is 1. The molecule has 2 N–H and O–H groups in total. The van der Waals surface area contributed by atoms with E-state index in [1.807, 2.05) is 37.4 Å².